The van der Waals surface area contributed by atoms with Gasteiger partial charge in [0.05, 0.1) is 0 Å². The van der Waals surface area contributed by atoms with Crippen LogP contribution in [0.5, 0.6) is 0 Å². The van der Waals surface area contributed by atoms with Gasteiger partial charge >= 0.3 is 0 Å². The fraction of sp³-hybridized carbons (Fsp3) is 0. The lowest BCUT2D eigenvalue weighted by atomic mass is 10.5. The summed E-state index contributed by atoms with van der Waals surface area (Å²) in [6.45, 7) is 0. The van der Waals surface area contributed by atoms with Crippen LogP contribution in [0.25, 0.3) is 0 Å². The van der Waals surface area contributed by atoms with Crippen LogP contribution in [-0.4, -0.2) is 15.9 Å². The second kappa shape index (κ2) is 12.2. The Morgan fingerprint density at radius 2 is 1.64 bits per heavy atom. The molecule has 0 aromatic carbocycles. The van der Waals surface area contributed by atoms with E-state index >= 15 is 0 Å². The summed E-state index contributed by atoms with van der Waals surface area (Å²) < 4.78 is 0. The maximum Gasteiger partial charge on any atom is 0.123 e. The summed E-state index contributed by atoms with van der Waals surface area (Å²) in [5.74, 6) is 0.572. The van der Waals surface area contributed by atoms with Crippen molar-refractivity contribution in [2.24, 2.45) is 0 Å². The second-order valence-corrected chi connectivity index (χ2v) is 1.25. The van der Waals surface area contributed by atoms with Gasteiger partial charge in [-0.3, -0.25) is 0 Å². The molecule has 0 fully saturated rings. The molecule has 0 spiro atoms. The molecule has 0 aliphatic carbocycles. The van der Waals surface area contributed by atoms with Crippen LogP contribution < -0.4 is 5.73 Å². The highest BCUT2D eigenvalue weighted by atomic mass is 35.5. The van der Waals surface area contributed by atoms with Crippen molar-refractivity contribution in [3.8, 4) is 0 Å². The normalized spacial score (nSPS) is 5.45. The zero-order valence-electron chi connectivity index (χ0n) is 5.65. The molecule has 1 aromatic heterocycles. The van der Waals surface area contributed by atoms with Gasteiger partial charge in [-0.2, -0.15) is 0 Å². The average Bonchev–Trinajstić information content (AvgIpc) is 1.69. The molecule has 0 saturated carbocycles. The molecule has 0 radical (unpaired) electrons. The van der Waals surface area contributed by atoms with Crippen LogP contribution in [0.3, 0.4) is 0 Å². The summed E-state index contributed by atoms with van der Waals surface area (Å²) in [6, 6.07) is 5.43. The van der Waals surface area contributed by atoms with E-state index in [4.69, 9.17) is 5.73 Å². The van der Waals surface area contributed by atoms with Gasteiger partial charge in [-0.1, -0.05) is 6.07 Å². The van der Waals surface area contributed by atoms with Gasteiger partial charge in [-0.15, -0.1) is 24.8 Å². The Morgan fingerprint density at radius 3 is 1.82 bits per heavy atom. The van der Waals surface area contributed by atoms with Gasteiger partial charge < -0.3 is 16.7 Å². The minimum absolute atomic E-state index is 0. The molecule has 1 aromatic rings. The smallest absolute Gasteiger partial charge is 0.123 e. The highest BCUT2D eigenvalue weighted by Crippen LogP contribution is 1.89. The van der Waals surface area contributed by atoms with Crippen molar-refractivity contribution in [3.05, 3.63) is 24.4 Å². The van der Waals surface area contributed by atoms with Gasteiger partial charge in [0, 0.05) is 6.20 Å². The molecule has 0 bridgehead atoms. The lowest BCUT2D eigenvalue weighted by molar-refractivity contribution is 0.823. The van der Waals surface area contributed by atoms with E-state index in [2.05, 4.69) is 4.98 Å². The summed E-state index contributed by atoms with van der Waals surface area (Å²) in [4.78, 5) is 3.76. The van der Waals surface area contributed by atoms with Gasteiger partial charge in [0.1, 0.15) is 5.82 Å². The summed E-state index contributed by atoms with van der Waals surface area (Å²) in [5.41, 5.74) is 5.25. The van der Waals surface area contributed by atoms with Crippen molar-refractivity contribution in [3.63, 3.8) is 0 Å². The van der Waals surface area contributed by atoms with Crippen LogP contribution >= 0.6 is 24.8 Å². The Kier molecular flexibility index (Phi) is 24.8. The fourth-order valence-corrected chi connectivity index (χ4v) is 0.376. The van der Waals surface area contributed by atoms with Crippen LogP contribution in [0.1, 0.15) is 0 Å². The second-order valence-electron chi connectivity index (χ2n) is 1.25. The van der Waals surface area contributed by atoms with Gasteiger partial charge in [0.15, 0.2) is 0 Å². The molecule has 0 amide bonds. The SMILES string of the molecule is Cl.Cl.Nc1ccccn1.O.O. The number of hydrogen-bond donors (Lipinski definition) is 1. The number of pyridine rings is 1. The van der Waals surface area contributed by atoms with E-state index in [-0.39, 0.29) is 35.8 Å². The van der Waals surface area contributed by atoms with Gasteiger partial charge in [0.25, 0.3) is 0 Å². The predicted molar refractivity (Wildman–Crippen MR) is 50.4 cm³/mol. The first kappa shape index (κ1) is 22.4. The Balaban J connectivity index is -0.0000000612. The third-order valence-electron chi connectivity index (χ3n) is 0.688. The summed E-state index contributed by atoms with van der Waals surface area (Å²) in [5, 5.41) is 0. The van der Waals surface area contributed by atoms with E-state index in [1.807, 2.05) is 12.1 Å². The first-order valence-electron chi connectivity index (χ1n) is 2.06. The van der Waals surface area contributed by atoms with Gasteiger partial charge in [0.2, 0.25) is 0 Å². The number of nitrogens with two attached hydrogens (primary N) is 1. The predicted octanol–water partition coefficient (Wildman–Crippen LogP) is -0.142. The van der Waals surface area contributed by atoms with E-state index in [0.717, 1.165) is 0 Å². The average molecular weight is 203 g/mol. The summed E-state index contributed by atoms with van der Waals surface area (Å²) >= 11 is 0. The van der Waals surface area contributed by atoms with E-state index in [1.165, 1.54) is 0 Å². The monoisotopic (exact) mass is 202 g/mol. The van der Waals surface area contributed by atoms with Crippen molar-refractivity contribution in [1.82, 2.24) is 4.98 Å². The molecule has 68 valence electrons. The lowest BCUT2D eigenvalue weighted by Crippen LogP contribution is -1.85. The molecule has 0 unspecified atom stereocenters. The summed E-state index contributed by atoms with van der Waals surface area (Å²) in [6.07, 6.45) is 1.66. The van der Waals surface area contributed by atoms with Gasteiger partial charge in [-0.25, -0.2) is 4.98 Å². The van der Waals surface area contributed by atoms with Crippen LogP contribution in [-0.2, 0) is 0 Å². The highest BCUT2D eigenvalue weighted by molar-refractivity contribution is 5.85. The number of halogens is 2. The Morgan fingerprint density at radius 1 is 1.09 bits per heavy atom. The maximum atomic E-state index is 5.25. The first-order valence-corrected chi connectivity index (χ1v) is 2.06. The van der Waals surface area contributed by atoms with Crippen molar-refractivity contribution >= 4 is 30.6 Å². The quantitative estimate of drug-likeness (QED) is 0.633. The highest BCUT2D eigenvalue weighted by Gasteiger charge is 1.73. The Bertz CT molecular complexity index is 150. The van der Waals surface area contributed by atoms with Crippen LogP contribution in [0, 0.1) is 0 Å². The number of nitrogen functional groups attached to an aromatic ring is 1. The Labute approximate surface area is 77.3 Å². The van der Waals surface area contributed by atoms with E-state index in [9.17, 15) is 0 Å². The molecule has 6 heteroatoms. The molecule has 1 heterocycles. The molecule has 0 atom stereocenters. The standard InChI is InChI=1S/C5H6N2.2ClH.2H2O/c6-5-3-1-2-4-7-5;;;;/h1-4H,(H2,6,7);2*1H;2*1H2. The molecule has 0 saturated heterocycles. The van der Waals surface area contributed by atoms with Crippen LogP contribution in [0.4, 0.5) is 5.82 Å². The minimum atomic E-state index is 0. The van der Waals surface area contributed by atoms with Crippen molar-refractivity contribution in [1.29, 1.82) is 0 Å². The lowest BCUT2D eigenvalue weighted by Gasteiger charge is -1.82. The number of rotatable bonds is 0. The van der Waals surface area contributed by atoms with E-state index in [1.54, 1.807) is 12.3 Å². The fourth-order valence-electron chi connectivity index (χ4n) is 0.376. The summed E-state index contributed by atoms with van der Waals surface area (Å²) in [7, 11) is 0. The molecule has 6 N–H and O–H groups in total. The number of nitrogens with zero attached hydrogens (tertiary/aromatic N) is 1. The van der Waals surface area contributed by atoms with Gasteiger partial charge in [-0.05, 0) is 12.1 Å². The Hall–Kier alpha value is -0.550. The third kappa shape index (κ3) is 9.45. The molecular formula is C5H12Cl2N2O2. The molecule has 0 aliphatic heterocycles. The topological polar surface area (TPSA) is 102 Å². The largest absolute Gasteiger partial charge is 0.412 e. The maximum absolute atomic E-state index is 5.25. The van der Waals surface area contributed by atoms with Crippen LogP contribution in [0.15, 0.2) is 24.4 Å². The third-order valence-corrected chi connectivity index (χ3v) is 0.688. The molecule has 0 aliphatic rings. The van der Waals surface area contributed by atoms with E-state index < -0.39 is 0 Å². The number of aromatic nitrogens is 1. The first-order chi connectivity index (χ1) is 3.39. The van der Waals surface area contributed by atoms with E-state index in [0.29, 0.717) is 5.82 Å². The zero-order chi connectivity index (χ0) is 5.11. The molecule has 1 rings (SSSR count). The van der Waals surface area contributed by atoms with Crippen LogP contribution in [0.2, 0.25) is 0 Å². The molecule has 4 nitrogen and oxygen atoms in total. The van der Waals surface area contributed by atoms with Crippen molar-refractivity contribution in [2.45, 2.75) is 0 Å². The number of hydrogen-bond acceptors (Lipinski definition) is 2. The van der Waals surface area contributed by atoms with Crippen molar-refractivity contribution in [2.75, 3.05) is 5.73 Å². The molecular weight excluding hydrogens is 191 g/mol. The number of anilines is 1. The van der Waals surface area contributed by atoms with Crippen molar-refractivity contribution < 1.29 is 11.0 Å². The molecule has 11 heavy (non-hydrogen) atoms. The minimum Gasteiger partial charge on any atom is -0.412 e. The zero-order valence-corrected chi connectivity index (χ0v) is 7.28.